The Balaban J connectivity index is 2.13. The zero-order valence-electron chi connectivity index (χ0n) is 10.0. The van der Waals surface area contributed by atoms with Crippen molar-refractivity contribution < 1.29 is 14.7 Å². The Morgan fingerprint density at radius 3 is 2.68 bits per heavy atom. The van der Waals surface area contributed by atoms with Crippen LogP contribution in [0.2, 0.25) is 5.02 Å². The van der Waals surface area contributed by atoms with Crippen LogP contribution in [0.3, 0.4) is 0 Å². The first-order chi connectivity index (χ1) is 9.00. The van der Waals surface area contributed by atoms with E-state index in [0.717, 1.165) is 6.42 Å². The quantitative estimate of drug-likeness (QED) is 0.879. The SMILES string of the molecule is O=C(O)C1CCCC1C(=O)Nc1cccc(Cl)c1Br. The molecule has 0 heterocycles. The molecule has 1 amide bonds. The van der Waals surface area contributed by atoms with Gasteiger partial charge in [0.15, 0.2) is 0 Å². The highest BCUT2D eigenvalue weighted by molar-refractivity contribution is 9.10. The average molecular weight is 347 g/mol. The van der Waals surface area contributed by atoms with Crippen molar-refractivity contribution in [2.45, 2.75) is 19.3 Å². The van der Waals surface area contributed by atoms with E-state index in [1.54, 1.807) is 18.2 Å². The van der Waals surface area contributed by atoms with Gasteiger partial charge >= 0.3 is 5.97 Å². The van der Waals surface area contributed by atoms with Crippen LogP contribution < -0.4 is 5.32 Å². The molecule has 0 saturated heterocycles. The van der Waals surface area contributed by atoms with Gasteiger partial charge in [-0.15, -0.1) is 0 Å². The van der Waals surface area contributed by atoms with E-state index in [0.29, 0.717) is 28.0 Å². The molecule has 0 aromatic heterocycles. The Morgan fingerprint density at radius 1 is 1.32 bits per heavy atom. The molecule has 4 nitrogen and oxygen atoms in total. The molecule has 6 heteroatoms. The van der Waals surface area contributed by atoms with Crippen molar-refractivity contribution in [1.29, 1.82) is 0 Å². The van der Waals surface area contributed by atoms with E-state index in [2.05, 4.69) is 21.2 Å². The summed E-state index contributed by atoms with van der Waals surface area (Å²) < 4.78 is 0.606. The number of hydrogen-bond donors (Lipinski definition) is 2. The van der Waals surface area contributed by atoms with Gasteiger partial charge in [0.1, 0.15) is 0 Å². The number of carboxylic acids is 1. The van der Waals surface area contributed by atoms with Crippen molar-refractivity contribution in [3.05, 3.63) is 27.7 Å². The van der Waals surface area contributed by atoms with Gasteiger partial charge in [0.2, 0.25) is 5.91 Å². The smallest absolute Gasteiger partial charge is 0.307 e. The van der Waals surface area contributed by atoms with Crippen LogP contribution >= 0.6 is 27.5 Å². The van der Waals surface area contributed by atoms with Crippen LogP contribution in [0.5, 0.6) is 0 Å². The summed E-state index contributed by atoms with van der Waals surface area (Å²) in [6.07, 6.45) is 1.94. The molecule has 2 rings (SSSR count). The molecular formula is C13H13BrClNO3. The van der Waals surface area contributed by atoms with Gasteiger partial charge < -0.3 is 10.4 Å². The zero-order chi connectivity index (χ0) is 14.0. The summed E-state index contributed by atoms with van der Waals surface area (Å²) in [5, 5.41) is 12.3. The molecule has 2 N–H and O–H groups in total. The molecule has 1 saturated carbocycles. The molecule has 1 aliphatic rings. The van der Waals surface area contributed by atoms with Crippen molar-refractivity contribution in [2.24, 2.45) is 11.8 Å². The van der Waals surface area contributed by atoms with Gasteiger partial charge in [-0.1, -0.05) is 24.1 Å². The number of aliphatic carboxylic acids is 1. The first kappa shape index (κ1) is 14.3. The summed E-state index contributed by atoms with van der Waals surface area (Å²) in [6.45, 7) is 0. The summed E-state index contributed by atoms with van der Waals surface area (Å²) in [6, 6.07) is 5.15. The number of rotatable bonds is 3. The maximum Gasteiger partial charge on any atom is 0.307 e. The van der Waals surface area contributed by atoms with Crippen LogP contribution in [0.15, 0.2) is 22.7 Å². The Labute approximate surface area is 124 Å². The molecule has 0 spiro atoms. The second-order valence-electron chi connectivity index (χ2n) is 4.57. The summed E-state index contributed by atoms with van der Waals surface area (Å²) >= 11 is 9.24. The van der Waals surface area contributed by atoms with Crippen LogP contribution in [0, 0.1) is 11.8 Å². The van der Waals surface area contributed by atoms with Crippen LogP contribution in [0.4, 0.5) is 5.69 Å². The predicted octanol–water partition coefficient (Wildman–Crippen LogP) is 3.54. The van der Waals surface area contributed by atoms with Crippen molar-refractivity contribution >= 4 is 45.1 Å². The van der Waals surface area contributed by atoms with Crippen molar-refractivity contribution in [3.63, 3.8) is 0 Å². The number of carbonyl (C=O) groups is 2. The van der Waals surface area contributed by atoms with Crippen molar-refractivity contribution in [2.75, 3.05) is 5.32 Å². The second kappa shape index (κ2) is 5.92. The number of amides is 1. The fraction of sp³-hybridized carbons (Fsp3) is 0.385. The van der Waals surface area contributed by atoms with E-state index in [-0.39, 0.29) is 5.91 Å². The normalized spacial score (nSPS) is 22.2. The van der Waals surface area contributed by atoms with Gasteiger partial charge in [-0.05, 0) is 40.9 Å². The van der Waals surface area contributed by atoms with Crippen molar-refractivity contribution in [1.82, 2.24) is 0 Å². The molecular weight excluding hydrogens is 334 g/mol. The minimum atomic E-state index is -0.900. The number of halogens is 2. The highest BCUT2D eigenvalue weighted by atomic mass is 79.9. The molecule has 1 aromatic carbocycles. The third kappa shape index (κ3) is 3.09. The predicted molar refractivity (Wildman–Crippen MR) is 76.2 cm³/mol. The number of benzene rings is 1. The maximum absolute atomic E-state index is 12.2. The lowest BCUT2D eigenvalue weighted by molar-refractivity contribution is -0.145. The average Bonchev–Trinajstić information content (AvgIpc) is 2.84. The van der Waals surface area contributed by atoms with Crippen LogP contribution in [-0.2, 0) is 9.59 Å². The molecule has 0 radical (unpaired) electrons. The van der Waals surface area contributed by atoms with E-state index in [4.69, 9.17) is 16.7 Å². The van der Waals surface area contributed by atoms with Crippen LogP contribution in [-0.4, -0.2) is 17.0 Å². The number of hydrogen-bond acceptors (Lipinski definition) is 2. The van der Waals surface area contributed by atoms with Gasteiger partial charge in [0.05, 0.1) is 27.0 Å². The minimum Gasteiger partial charge on any atom is -0.481 e. The molecule has 1 aromatic rings. The van der Waals surface area contributed by atoms with E-state index in [9.17, 15) is 9.59 Å². The first-order valence-electron chi connectivity index (χ1n) is 5.98. The maximum atomic E-state index is 12.2. The Hall–Kier alpha value is -1.07. The van der Waals surface area contributed by atoms with Gasteiger partial charge in [-0.2, -0.15) is 0 Å². The standard InChI is InChI=1S/C13H13BrClNO3/c14-11-9(15)5-2-6-10(11)16-12(17)7-3-1-4-8(7)13(18)19/h2,5-8H,1,3-4H2,(H,16,17)(H,18,19). The lowest BCUT2D eigenvalue weighted by Gasteiger charge is -2.16. The van der Waals surface area contributed by atoms with Crippen molar-refractivity contribution in [3.8, 4) is 0 Å². The summed E-state index contributed by atoms with van der Waals surface area (Å²) in [4.78, 5) is 23.2. The highest BCUT2D eigenvalue weighted by Gasteiger charge is 2.37. The molecule has 102 valence electrons. The summed E-state index contributed by atoms with van der Waals surface area (Å²) in [5.74, 6) is -2.21. The minimum absolute atomic E-state index is 0.257. The monoisotopic (exact) mass is 345 g/mol. The lowest BCUT2D eigenvalue weighted by atomic mass is 9.95. The van der Waals surface area contributed by atoms with Crippen LogP contribution in [0.25, 0.3) is 0 Å². The fourth-order valence-electron chi connectivity index (χ4n) is 2.40. The van der Waals surface area contributed by atoms with Gasteiger partial charge in [-0.3, -0.25) is 9.59 Å². The van der Waals surface area contributed by atoms with Gasteiger partial charge in [-0.25, -0.2) is 0 Å². The molecule has 2 unspecified atom stereocenters. The van der Waals surface area contributed by atoms with E-state index in [1.807, 2.05) is 0 Å². The number of carbonyl (C=O) groups excluding carboxylic acids is 1. The Bertz CT molecular complexity index is 521. The first-order valence-corrected chi connectivity index (χ1v) is 7.15. The summed E-state index contributed by atoms with van der Waals surface area (Å²) in [7, 11) is 0. The molecule has 19 heavy (non-hydrogen) atoms. The largest absolute Gasteiger partial charge is 0.481 e. The van der Waals surface area contributed by atoms with Gasteiger partial charge in [0, 0.05) is 0 Å². The third-order valence-corrected chi connectivity index (χ3v) is 4.78. The number of anilines is 1. The van der Waals surface area contributed by atoms with E-state index >= 15 is 0 Å². The third-order valence-electron chi connectivity index (χ3n) is 3.38. The summed E-state index contributed by atoms with van der Waals surface area (Å²) in [5.41, 5.74) is 0.563. The van der Waals surface area contributed by atoms with E-state index in [1.165, 1.54) is 0 Å². The zero-order valence-corrected chi connectivity index (χ0v) is 12.4. The molecule has 2 atom stereocenters. The number of carboxylic acid groups (broad SMARTS) is 1. The number of nitrogens with one attached hydrogen (secondary N) is 1. The molecule has 1 fully saturated rings. The molecule has 1 aliphatic carbocycles. The van der Waals surface area contributed by atoms with Crippen LogP contribution in [0.1, 0.15) is 19.3 Å². The fourth-order valence-corrected chi connectivity index (χ4v) is 2.93. The lowest BCUT2D eigenvalue weighted by Crippen LogP contribution is -2.30. The van der Waals surface area contributed by atoms with E-state index < -0.39 is 17.8 Å². The molecule has 0 bridgehead atoms. The molecule has 0 aliphatic heterocycles. The topological polar surface area (TPSA) is 66.4 Å². The highest BCUT2D eigenvalue weighted by Crippen LogP contribution is 2.35. The Morgan fingerprint density at radius 2 is 2.00 bits per heavy atom. The second-order valence-corrected chi connectivity index (χ2v) is 5.77. The van der Waals surface area contributed by atoms with Gasteiger partial charge in [0.25, 0.3) is 0 Å². The Kier molecular flexibility index (Phi) is 4.47.